The predicted molar refractivity (Wildman–Crippen MR) is 120 cm³/mol. The quantitative estimate of drug-likeness (QED) is 0.345. The highest BCUT2D eigenvalue weighted by molar-refractivity contribution is 8.17. The van der Waals surface area contributed by atoms with Crippen molar-refractivity contribution in [3.05, 3.63) is 58.7 Å². The van der Waals surface area contributed by atoms with Crippen LogP contribution in [0.3, 0.4) is 0 Å². The fourth-order valence-electron chi connectivity index (χ4n) is 2.60. The minimum absolute atomic E-state index is 0.0805. The number of rotatable bonds is 9. The van der Waals surface area contributed by atoms with E-state index in [4.69, 9.17) is 15.2 Å². The number of nitrogens with two attached hydrogens (primary N) is 1. The number of hydrogen-bond acceptors (Lipinski definition) is 8. The van der Waals surface area contributed by atoms with Crippen molar-refractivity contribution in [2.75, 3.05) is 13.2 Å². The van der Waals surface area contributed by atoms with E-state index in [2.05, 4.69) is 0 Å². The number of carbonyl (C=O) groups excluding carboxylic acids is 3. The number of carbonyl (C=O) groups is 3. The second-order valence-corrected chi connectivity index (χ2v) is 9.01. The summed E-state index contributed by atoms with van der Waals surface area (Å²) < 4.78 is 10.3. The highest BCUT2D eigenvalue weighted by Gasteiger charge is 2.24. The van der Waals surface area contributed by atoms with Gasteiger partial charge >= 0.3 is 5.97 Å². The molecule has 0 aromatic heterocycles. The second-order valence-electron chi connectivity index (χ2n) is 6.48. The van der Waals surface area contributed by atoms with Gasteiger partial charge in [0.15, 0.2) is 10.9 Å². The van der Waals surface area contributed by atoms with Crippen molar-refractivity contribution < 1.29 is 23.9 Å². The lowest BCUT2D eigenvalue weighted by atomic mass is 9.99. The third-order valence-corrected chi connectivity index (χ3v) is 5.95. The number of benzene rings is 1. The van der Waals surface area contributed by atoms with E-state index in [1.54, 1.807) is 18.7 Å². The lowest BCUT2D eigenvalue weighted by molar-refractivity contribution is -0.135. The molecule has 0 amide bonds. The summed E-state index contributed by atoms with van der Waals surface area (Å²) in [5.74, 6) is 0.00490. The fraction of sp³-hybridized carbons (Fsp3) is 0.318. The van der Waals surface area contributed by atoms with Crippen LogP contribution < -0.4 is 10.5 Å². The number of esters is 1. The Morgan fingerprint density at radius 1 is 1.17 bits per heavy atom. The van der Waals surface area contributed by atoms with Gasteiger partial charge in [0.05, 0.1) is 0 Å². The molecule has 1 atom stereocenters. The van der Waals surface area contributed by atoms with Crippen LogP contribution in [0, 0.1) is 0 Å². The Morgan fingerprint density at radius 2 is 1.87 bits per heavy atom. The van der Waals surface area contributed by atoms with E-state index in [9.17, 15) is 14.4 Å². The molecule has 0 spiro atoms. The lowest BCUT2D eigenvalue weighted by Crippen LogP contribution is -2.13. The molecule has 30 heavy (non-hydrogen) atoms. The van der Waals surface area contributed by atoms with Crippen LogP contribution in [0.5, 0.6) is 5.75 Å². The zero-order valence-electron chi connectivity index (χ0n) is 17.2. The SMILES string of the molecule is CC(=O)O/C=C(\C)C(=O)C1=CCC(Sc2ccc(OCCN)cc2)C=C1SC(C)=O. The molecule has 1 aliphatic carbocycles. The molecule has 8 heteroatoms. The van der Waals surface area contributed by atoms with Crippen LogP contribution in [0.2, 0.25) is 0 Å². The third-order valence-electron chi connectivity index (χ3n) is 3.91. The smallest absolute Gasteiger partial charge is 0.307 e. The molecule has 2 rings (SSSR count). The normalized spacial score (nSPS) is 16.4. The van der Waals surface area contributed by atoms with Crippen LogP contribution in [0.1, 0.15) is 27.2 Å². The number of Topliss-reactive ketones (excluding diaryl/α,β-unsaturated/α-hetero) is 1. The molecule has 0 fully saturated rings. The average Bonchev–Trinajstić information content (AvgIpc) is 2.70. The topological polar surface area (TPSA) is 95.7 Å². The Labute approximate surface area is 184 Å². The molecule has 1 aromatic carbocycles. The summed E-state index contributed by atoms with van der Waals surface area (Å²) in [4.78, 5) is 37.1. The van der Waals surface area contributed by atoms with Crippen molar-refractivity contribution in [2.24, 2.45) is 5.73 Å². The van der Waals surface area contributed by atoms with E-state index in [0.29, 0.717) is 35.6 Å². The van der Waals surface area contributed by atoms with E-state index in [-0.39, 0.29) is 16.1 Å². The molecule has 2 N–H and O–H groups in total. The predicted octanol–water partition coefficient (Wildman–Crippen LogP) is 4.01. The first-order chi connectivity index (χ1) is 14.3. The van der Waals surface area contributed by atoms with Crippen LogP contribution in [-0.4, -0.2) is 35.3 Å². The van der Waals surface area contributed by atoms with Gasteiger partial charge < -0.3 is 15.2 Å². The van der Waals surface area contributed by atoms with Crippen LogP contribution in [0.4, 0.5) is 0 Å². The van der Waals surface area contributed by atoms with Gasteiger partial charge in [-0.2, -0.15) is 0 Å². The van der Waals surface area contributed by atoms with Gasteiger partial charge in [0.2, 0.25) is 0 Å². The average molecular weight is 448 g/mol. The lowest BCUT2D eigenvalue weighted by Gasteiger charge is -2.20. The van der Waals surface area contributed by atoms with Crippen molar-refractivity contribution >= 4 is 40.4 Å². The van der Waals surface area contributed by atoms with Crippen molar-refractivity contribution in [2.45, 2.75) is 37.3 Å². The number of thioether (sulfide) groups is 2. The fourth-order valence-corrected chi connectivity index (χ4v) is 4.55. The zero-order valence-corrected chi connectivity index (χ0v) is 18.8. The number of allylic oxidation sites excluding steroid dienone is 3. The molecule has 1 aliphatic rings. The summed E-state index contributed by atoms with van der Waals surface area (Å²) in [5.41, 5.74) is 6.20. The third kappa shape index (κ3) is 7.51. The highest BCUT2D eigenvalue weighted by Crippen LogP contribution is 2.37. The first-order valence-electron chi connectivity index (χ1n) is 9.39. The van der Waals surface area contributed by atoms with Crippen molar-refractivity contribution in [3.63, 3.8) is 0 Å². The van der Waals surface area contributed by atoms with Gasteiger partial charge in [-0.25, -0.2) is 0 Å². The molecule has 0 radical (unpaired) electrons. The Hall–Kier alpha value is -2.29. The maximum absolute atomic E-state index is 12.8. The Morgan fingerprint density at radius 3 is 2.47 bits per heavy atom. The minimum Gasteiger partial charge on any atom is -0.492 e. The summed E-state index contributed by atoms with van der Waals surface area (Å²) in [6, 6.07) is 7.73. The summed E-state index contributed by atoms with van der Waals surface area (Å²) in [6.45, 7) is 5.24. The molecule has 0 bridgehead atoms. The van der Waals surface area contributed by atoms with E-state index in [0.717, 1.165) is 28.7 Å². The van der Waals surface area contributed by atoms with E-state index in [1.807, 2.05) is 36.4 Å². The Balaban J connectivity index is 2.13. The number of ketones is 1. The van der Waals surface area contributed by atoms with Gasteiger partial charge in [-0.05, 0) is 37.6 Å². The minimum atomic E-state index is -0.496. The van der Waals surface area contributed by atoms with Crippen molar-refractivity contribution in [3.8, 4) is 5.75 Å². The number of hydrogen-bond donors (Lipinski definition) is 1. The maximum Gasteiger partial charge on any atom is 0.307 e. The second kappa shape index (κ2) is 11.8. The van der Waals surface area contributed by atoms with Crippen molar-refractivity contribution in [1.29, 1.82) is 0 Å². The van der Waals surface area contributed by atoms with E-state index < -0.39 is 5.97 Å². The highest BCUT2D eigenvalue weighted by atomic mass is 32.2. The van der Waals surface area contributed by atoms with Crippen molar-refractivity contribution in [1.82, 2.24) is 0 Å². The molecule has 1 aromatic rings. The van der Waals surface area contributed by atoms with Crippen LogP contribution in [-0.2, 0) is 19.1 Å². The van der Waals surface area contributed by atoms with Gasteiger partial charge in [0.1, 0.15) is 18.6 Å². The molecular weight excluding hydrogens is 422 g/mol. The first-order valence-corrected chi connectivity index (χ1v) is 11.1. The molecular formula is C22H25NO5S2. The molecule has 0 aliphatic heterocycles. The van der Waals surface area contributed by atoms with Crippen LogP contribution in [0.15, 0.2) is 63.6 Å². The molecule has 1 unspecified atom stereocenters. The monoisotopic (exact) mass is 447 g/mol. The molecule has 0 heterocycles. The first kappa shape index (κ1) is 24.0. The molecule has 0 saturated carbocycles. The van der Waals surface area contributed by atoms with Gasteiger partial charge in [-0.3, -0.25) is 14.4 Å². The molecule has 6 nitrogen and oxygen atoms in total. The van der Waals surface area contributed by atoms with E-state index in [1.165, 1.54) is 13.8 Å². The largest absolute Gasteiger partial charge is 0.492 e. The van der Waals surface area contributed by atoms with Gasteiger partial charge in [-0.1, -0.05) is 23.9 Å². The van der Waals surface area contributed by atoms with Crippen LogP contribution >= 0.6 is 23.5 Å². The standard InChI is InChI=1S/C22H25NO5S2/c1-14(13-28-15(2)24)22(26)20-9-8-19(12-21(20)29-16(3)25)30-18-6-4-17(5-7-18)27-11-10-23/h4-7,9,12-13,19H,8,10-11,23H2,1-3H3/b14-13+. The Bertz CT molecular complexity index is 887. The summed E-state index contributed by atoms with van der Waals surface area (Å²) in [6.07, 6.45) is 5.58. The summed E-state index contributed by atoms with van der Waals surface area (Å²) in [5, 5.41) is -0.0226. The van der Waals surface area contributed by atoms with Gasteiger partial charge in [0, 0.05) is 46.6 Å². The van der Waals surface area contributed by atoms with Gasteiger partial charge in [-0.15, -0.1) is 11.8 Å². The van der Waals surface area contributed by atoms with Crippen LogP contribution in [0.25, 0.3) is 0 Å². The summed E-state index contributed by atoms with van der Waals surface area (Å²) in [7, 11) is 0. The van der Waals surface area contributed by atoms with E-state index >= 15 is 0 Å². The Kier molecular flexibility index (Phi) is 9.42. The maximum atomic E-state index is 12.8. The zero-order chi connectivity index (χ0) is 22.1. The number of ether oxygens (including phenoxy) is 2. The summed E-state index contributed by atoms with van der Waals surface area (Å²) >= 11 is 2.68. The molecule has 0 saturated heterocycles. The molecule has 160 valence electrons. The van der Waals surface area contributed by atoms with Gasteiger partial charge in [0.25, 0.3) is 0 Å².